The molecule has 0 aromatic heterocycles. The van der Waals surface area contributed by atoms with E-state index >= 15 is 0 Å². The number of allylic oxidation sites excluding steroid dienone is 3. The average molecular weight is 194 g/mol. The minimum atomic E-state index is 1.09. The van der Waals surface area contributed by atoms with Crippen molar-refractivity contribution in [2.45, 2.75) is 65.7 Å². The first kappa shape index (κ1) is 13.5. The van der Waals surface area contributed by atoms with E-state index in [0.29, 0.717) is 0 Å². The van der Waals surface area contributed by atoms with Crippen LogP contribution in [0.3, 0.4) is 0 Å². The standard InChI is InChI=1S/C14H26/c1-5-9-12-14(11-7-3)13(8-4)10-6-2/h6H,2,5,7-12H2,1,3-4H3/b14-13-. The molecule has 0 rings (SSSR count). The molecule has 0 spiro atoms. The smallest absolute Gasteiger partial charge is 0.0139 e. The Balaban J connectivity index is 4.41. The van der Waals surface area contributed by atoms with Gasteiger partial charge in [-0.1, -0.05) is 50.8 Å². The van der Waals surface area contributed by atoms with Gasteiger partial charge in [0.15, 0.2) is 0 Å². The molecule has 0 heteroatoms. The van der Waals surface area contributed by atoms with Crippen molar-refractivity contribution < 1.29 is 0 Å². The fourth-order valence-electron chi connectivity index (χ4n) is 1.88. The zero-order valence-electron chi connectivity index (χ0n) is 10.2. The van der Waals surface area contributed by atoms with Crippen LogP contribution in [0.4, 0.5) is 0 Å². The van der Waals surface area contributed by atoms with Gasteiger partial charge < -0.3 is 0 Å². The molecule has 0 amide bonds. The molecule has 0 aliphatic rings. The third kappa shape index (κ3) is 5.26. The van der Waals surface area contributed by atoms with E-state index in [2.05, 4.69) is 27.4 Å². The summed E-state index contributed by atoms with van der Waals surface area (Å²) in [6.07, 6.45) is 10.9. The average Bonchev–Trinajstić information content (AvgIpc) is 2.21. The summed E-state index contributed by atoms with van der Waals surface area (Å²) in [7, 11) is 0. The normalized spacial score (nSPS) is 12.5. The molecule has 0 atom stereocenters. The summed E-state index contributed by atoms with van der Waals surface area (Å²) in [6, 6.07) is 0. The molecule has 0 aromatic carbocycles. The summed E-state index contributed by atoms with van der Waals surface area (Å²) in [5.74, 6) is 0. The summed E-state index contributed by atoms with van der Waals surface area (Å²) < 4.78 is 0. The lowest BCUT2D eigenvalue weighted by Gasteiger charge is -2.12. The van der Waals surface area contributed by atoms with Crippen LogP contribution in [0, 0.1) is 0 Å². The maximum absolute atomic E-state index is 3.84. The Bertz CT molecular complexity index is 174. The molecule has 0 bridgehead atoms. The predicted molar refractivity (Wildman–Crippen MR) is 66.6 cm³/mol. The lowest BCUT2D eigenvalue weighted by Crippen LogP contribution is -1.92. The Morgan fingerprint density at radius 3 is 2.14 bits per heavy atom. The number of hydrogen-bond donors (Lipinski definition) is 0. The first-order valence-corrected chi connectivity index (χ1v) is 6.10. The van der Waals surface area contributed by atoms with Crippen LogP contribution in [0.15, 0.2) is 23.8 Å². The largest absolute Gasteiger partial charge is 0.103 e. The molecule has 0 fully saturated rings. The predicted octanol–water partition coefficient (Wildman–Crippen LogP) is 5.26. The number of rotatable bonds is 8. The van der Waals surface area contributed by atoms with Gasteiger partial charge in [-0.3, -0.25) is 0 Å². The Morgan fingerprint density at radius 2 is 1.71 bits per heavy atom. The molecule has 0 saturated carbocycles. The Morgan fingerprint density at radius 1 is 1.00 bits per heavy atom. The fraction of sp³-hybridized carbons (Fsp3) is 0.714. The van der Waals surface area contributed by atoms with Gasteiger partial charge in [-0.15, -0.1) is 6.58 Å². The van der Waals surface area contributed by atoms with E-state index in [1.165, 1.54) is 38.5 Å². The Labute approximate surface area is 90.1 Å². The van der Waals surface area contributed by atoms with Crippen molar-refractivity contribution in [3.05, 3.63) is 23.8 Å². The van der Waals surface area contributed by atoms with Gasteiger partial charge in [0.2, 0.25) is 0 Å². The van der Waals surface area contributed by atoms with Crippen molar-refractivity contribution >= 4 is 0 Å². The molecule has 0 aromatic rings. The molecular formula is C14H26. The van der Waals surface area contributed by atoms with Crippen molar-refractivity contribution in [3.63, 3.8) is 0 Å². The van der Waals surface area contributed by atoms with Crippen LogP contribution in [-0.4, -0.2) is 0 Å². The molecule has 0 heterocycles. The maximum atomic E-state index is 3.84. The number of hydrogen-bond acceptors (Lipinski definition) is 0. The highest BCUT2D eigenvalue weighted by Crippen LogP contribution is 2.22. The number of unbranched alkanes of at least 4 members (excludes halogenated alkanes) is 1. The van der Waals surface area contributed by atoms with E-state index in [-0.39, 0.29) is 0 Å². The molecule has 0 nitrogen and oxygen atoms in total. The van der Waals surface area contributed by atoms with Crippen molar-refractivity contribution in [1.82, 2.24) is 0 Å². The lowest BCUT2D eigenvalue weighted by molar-refractivity contribution is 0.723. The molecule has 0 radical (unpaired) electrons. The van der Waals surface area contributed by atoms with Gasteiger partial charge >= 0.3 is 0 Å². The van der Waals surface area contributed by atoms with Gasteiger partial charge in [-0.25, -0.2) is 0 Å². The molecule has 14 heavy (non-hydrogen) atoms. The van der Waals surface area contributed by atoms with E-state index in [4.69, 9.17) is 0 Å². The minimum Gasteiger partial charge on any atom is -0.103 e. The second-order valence-corrected chi connectivity index (χ2v) is 3.91. The van der Waals surface area contributed by atoms with Crippen LogP contribution in [0.1, 0.15) is 65.7 Å². The quantitative estimate of drug-likeness (QED) is 0.462. The highest BCUT2D eigenvalue weighted by molar-refractivity contribution is 5.16. The van der Waals surface area contributed by atoms with Gasteiger partial charge in [0.25, 0.3) is 0 Å². The van der Waals surface area contributed by atoms with Crippen molar-refractivity contribution in [3.8, 4) is 0 Å². The van der Waals surface area contributed by atoms with Crippen LogP contribution in [0.5, 0.6) is 0 Å². The van der Waals surface area contributed by atoms with E-state index < -0.39 is 0 Å². The van der Waals surface area contributed by atoms with Gasteiger partial charge in [0.1, 0.15) is 0 Å². The van der Waals surface area contributed by atoms with Crippen LogP contribution in [0.25, 0.3) is 0 Å². The zero-order valence-corrected chi connectivity index (χ0v) is 10.2. The van der Waals surface area contributed by atoms with Crippen LogP contribution in [-0.2, 0) is 0 Å². The minimum absolute atomic E-state index is 1.09. The highest BCUT2D eigenvalue weighted by atomic mass is 14.1. The van der Waals surface area contributed by atoms with E-state index in [0.717, 1.165) is 6.42 Å². The monoisotopic (exact) mass is 194 g/mol. The van der Waals surface area contributed by atoms with Crippen LogP contribution >= 0.6 is 0 Å². The van der Waals surface area contributed by atoms with Crippen molar-refractivity contribution in [1.29, 1.82) is 0 Å². The van der Waals surface area contributed by atoms with Gasteiger partial charge in [0, 0.05) is 0 Å². The molecule has 0 unspecified atom stereocenters. The molecule has 0 aliphatic carbocycles. The summed E-state index contributed by atoms with van der Waals surface area (Å²) >= 11 is 0. The summed E-state index contributed by atoms with van der Waals surface area (Å²) in [5.41, 5.74) is 3.34. The zero-order chi connectivity index (χ0) is 10.8. The van der Waals surface area contributed by atoms with Gasteiger partial charge in [-0.05, 0) is 32.1 Å². The summed E-state index contributed by atoms with van der Waals surface area (Å²) in [4.78, 5) is 0. The van der Waals surface area contributed by atoms with Crippen molar-refractivity contribution in [2.24, 2.45) is 0 Å². The summed E-state index contributed by atoms with van der Waals surface area (Å²) in [6.45, 7) is 10.6. The SMILES string of the molecule is C=CC/C(CC)=C(/CCC)CCCC. The highest BCUT2D eigenvalue weighted by Gasteiger charge is 2.02. The molecule has 0 aliphatic heterocycles. The third-order valence-electron chi connectivity index (χ3n) is 2.70. The van der Waals surface area contributed by atoms with Gasteiger partial charge in [-0.2, -0.15) is 0 Å². The van der Waals surface area contributed by atoms with E-state index in [1.54, 1.807) is 11.1 Å². The summed E-state index contributed by atoms with van der Waals surface area (Å²) in [5, 5.41) is 0. The molecule has 0 N–H and O–H groups in total. The Kier molecular flexibility index (Phi) is 8.72. The third-order valence-corrected chi connectivity index (χ3v) is 2.70. The topological polar surface area (TPSA) is 0 Å². The van der Waals surface area contributed by atoms with E-state index in [9.17, 15) is 0 Å². The van der Waals surface area contributed by atoms with E-state index in [1.807, 2.05) is 6.08 Å². The van der Waals surface area contributed by atoms with Crippen molar-refractivity contribution in [2.75, 3.05) is 0 Å². The van der Waals surface area contributed by atoms with Crippen LogP contribution in [0.2, 0.25) is 0 Å². The first-order valence-electron chi connectivity index (χ1n) is 6.10. The maximum Gasteiger partial charge on any atom is -0.0139 e. The second-order valence-electron chi connectivity index (χ2n) is 3.91. The Hall–Kier alpha value is -0.520. The molecular weight excluding hydrogens is 168 g/mol. The molecule has 82 valence electrons. The fourth-order valence-corrected chi connectivity index (χ4v) is 1.88. The second kappa shape index (κ2) is 9.05. The molecule has 0 saturated heterocycles. The van der Waals surface area contributed by atoms with Gasteiger partial charge in [0.05, 0.1) is 0 Å². The van der Waals surface area contributed by atoms with Crippen LogP contribution < -0.4 is 0 Å². The first-order chi connectivity index (χ1) is 6.79. The lowest BCUT2D eigenvalue weighted by atomic mass is 9.94.